The fourth-order valence-electron chi connectivity index (χ4n) is 2.32. The molecular formula is C13H18N4O. The van der Waals surface area contributed by atoms with Crippen LogP contribution in [0, 0.1) is 6.92 Å². The number of nitrogens with zero attached hydrogens (tertiary/aromatic N) is 3. The van der Waals surface area contributed by atoms with Crippen molar-refractivity contribution in [3.8, 4) is 0 Å². The molecule has 0 aliphatic carbocycles. The molecule has 5 nitrogen and oxygen atoms in total. The van der Waals surface area contributed by atoms with Gasteiger partial charge in [0.15, 0.2) is 0 Å². The Balaban J connectivity index is 1.97. The van der Waals surface area contributed by atoms with E-state index in [1.807, 2.05) is 13.0 Å². The first kappa shape index (κ1) is 11.5. The van der Waals surface area contributed by atoms with E-state index in [0.29, 0.717) is 0 Å². The summed E-state index contributed by atoms with van der Waals surface area (Å²) < 4.78 is 5.40. The van der Waals surface area contributed by atoms with Gasteiger partial charge in [-0.15, -0.1) is 0 Å². The summed E-state index contributed by atoms with van der Waals surface area (Å²) in [4.78, 5) is 11.5. The molecule has 96 valence electrons. The van der Waals surface area contributed by atoms with E-state index < -0.39 is 0 Å². The average Bonchev–Trinajstić information content (AvgIpc) is 2.93. The summed E-state index contributed by atoms with van der Waals surface area (Å²) >= 11 is 0. The Bertz CT molecular complexity index is 466. The van der Waals surface area contributed by atoms with Crippen LogP contribution in [0.3, 0.4) is 0 Å². The molecule has 18 heavy (non-hydrogen) atoms. The lowest BCUT2D eigenvalue weighted by Gasteiger charge is -2.29. The first-order valence-electron chi connectivity index (χ1n) is 6.43. The van der Waals surface area contributed by atoms with Crippen LogP contribution >= 0.6 is 0 Å². The van der Waals surface area contributed by atoms with Crippen LogP contribution in [0.1, 0.15) is 11.3 Å². The van der Waals surface area contributed by atoms with Gasteiger partial charge in [-0.05, 0) is 19.1 Å². The van der Waals surface area contributed by atoms with E-state index in [9.17, 15) is 0 Å². The van der Waals surface area contributed by atoms with Gasteiger partial charge in [-0.2, -0.15) is 0 Å². The predicted octanol–water partition coefficient (Wildman–Crippen LogP) is 0.576. The number of ether oxygens (including phenoxy) is 1. The van der Waals surface area contributed by atoms with Crippen molar-refractivity contribution < 1.29 is 4.74 Å². The number of hydrogen-bond acceptors (Lipinski definition) is 5. The zero-order chi connectivity index (χ0) is 12.4. The van der Waals surface area contributed by atoms with Crippen molar-refractivity contribution in [1.29, 1.82) is 0 Å². The number of pyridine rings is 1. The molecular weight excluding hydrogens is 228 g/mol. The number of amidine groups is 1. The van der Waals surface area contributed by atoms with E-state index in [-0.39, 0.29) is 0 Å². The maximum absolute atomic E-state index is 5.40. The molecule has 0 radical (unpaired) electrons. The monoisotopic (exact) mass is 246 g/mol. The molecule has 0 aromatic carbocycles. The number of nitrogens with one attached hydrogen (secondary N) is 1. The third-order valence-corrected chi connectivity index (χ3v) is 3.25. The van der Waals surface area contributed by atoms with E-state index in [0.717, 1.165) is 62.3 Å². The molecule has 5 heteroatoms. The fourth-order valence-corrected chi connectivity index (χ4v) is 2.32. The molecule has 1 N–H and O–H groups in total. The van der Waals surface area contributed by atoms with Gasteiger partial charge >= 0.3 is 0 Å². The van der Waals surface area contributed by atoms with Crippen molar-refractivity contribution in [3.63, 3.8) is 0 Å². The van der Waals surface area contributed by atoms with E-state index >= 15 is 0 Å². The Morgan fingerprint density at radius 1 is 1.28 bits per heavy atom. The first-order valence-corrected chi connectivity index (χ1v) is 6.43. The van der Waals surface area contributed by atoms with Crippen LogP contribution in [0.4, 0.5) is 5.82 Å². The number of morpholine rings is 1. The smallest absolute Gasteiger partial charge is 0.140 e. The minimum absolute atomic E-state index is 0.773. The Morgan fingerprint density at radius 3 is 2.83 bits per heavy atom. The molecule has 1 fully saturated rings. The number of aliphatic imine (C=N–C) groups is 1. The second-order valence-corrected chi connectivity index (χ2v) is 4.58. The average molecular weight is 246 g/mol. The SMILES string of the molecule is Cc1ccc(C2=NCCN2)c(N2CCOCC2)n1. The summed E-state index contributed by atoms with van der Waals surface area (Å²) in [5.74, 6) is 2.01. The molecule has 0 unspecified atom stereocenters. The second kappa shape index (κ2) is 4.94. The molecule has 0 atom stereocenters. The number of rotatable bonds is 2. The van der Waals surface area contributed by atoms with Crippen molar-refractivity contribution >= 4 is 11.7 Å². The Hall–Kier alpha value is -1.62. The molecule has 0 spiro atoms. The highest BCUT2D eigenvalue weighted by Gasteiger charge is 2.20. The molecule has 2 aliphatic heterocycles. The number of hydrogen-bond donors (Lipinski definition) is 1. The van der Waals surface area contributed by atoms with Crippen molar-refractivity contribution in [2.45, 2.75) is 6.92 Å². The minimum atomic E-state index is 0.773. The molecule has 3 heterocycles. The number of anilines is 1. The van der Waals surface area contributed by atoms with Crippen molar-refractivity contribution in [2.75, 3.05) is 44.3 Å². The fraction of sp³-hybridized carbons (Fsp3) is 0.538. The van der Waals surface area contributed by atoms with Crippen LogP contribution in [0.25, 0.3) is 0 Å². The molecule has 3 rings (SSSR count). The molecule has 1 saturated heterocycles. The zero-order valence-corrected chi connectivity index (χ0v) is 10.6. The van der Waals surface area contributed by atoms with E-state index in [2.05, 4.69) is 21.3 Å². The van der Waals surface area contributed by atoms with Crippen molar-refractivity contribution in [1.82, 2.24) is 10.3 Å². The maximum atomic E-state index is 5.40. The summed E-state index contributed by atoms with van der Waals surface area (Å²) in [6.07, 6.45) is 0. The van der Waals surface area contributed by atoms with Crippen LogP contribution < -0.4 is 10.2 Å². The lowest BCUT2D eigenvalue weighted by molar-refractivity contribution is 0.122. The summed E-state index contributed by atoms with van der Waals surface area (Å²) in [5, 5.41) is 3.32. The zero-order valence-electron chi connectivity index (χ0n) is 10.6. The van der Waals surface area contributed by atoms with E-state index in [1.54, 1.807) is 0 Å². The lowest BCUT2D eigenvalue weighted by Crippen LogP contribution is -2.38. The molecule has 0 bridgehead atoms. The lowest BCUT2D eigenvalue weighted by atomic mass is 10.2. The third-order valence-electron chi connectivity index (χ3n) is 3.25. The minimum Gasteiger partial charge on any atom is -0.378 e. The van der Waals surface area contributed by atoms with E-state index in [1.165, 1.54) is 0 Å². The van der Waals surface area contributed by atoms with Gasteiger partial charge in [0.2, 0.25) is 0 Å². The first-order chi connectivity index (χ1) is 8.84. The predicted molar refractivity (Wildman–Crippen MR) is 71.4 cm³/mol. The van der Waals surface area contributed by atoms with Crippen LogP contribution in [0.15, 0.2) is 17.1 Å². The van der Waals surface area contributed by atoms with Gasteiger partial charge in [0.05, 0.1) is 25.3 Å². The summed E-state index contributed by atoms with van der Waals surface area (Å²) in [7, 11) is 0. The van der Waals surface area contributed by atoms with Gasteiger partial charge in [-0.25, -0.2) is 4.98 Å². The Morgan fingerprint density at radius 2 is 2.11 bits per heavy atom. The van der Waals surface area contributed by atoms with Crippen LogP contribution in [-0.2, 0) is 4.74 Å². The summed E-state index contributed by atoms with van der Waals surface area (Å²) in [5.41, 5.74) is 2.15. The highest BCUT2D eigenvalue weighted by molar-refractivity contribution is 6.03. The highest BCUT2D eigenvalue weighted by Crippen LogP contribution is 2.20. The largest absolute Gasteiger partial charge is 0.378 e. The van der Waals surface area contributed by atoms with E-state index in [4.69, 9.17) is 9.72 Å². The van der Waals surface area contributed by atoms with Crippen LogP contribution in [0.2, 0.25) is 0 Å². The molecule has 1 aromatic rings. The Kier molecular flexibility index (Phi) is 3.15. The van der Waals surface area contributed by atoms with Gasteiger partial charge < -0.3 is 15.0 Å². The summed E-state index contributed by atoms with van der Waals surface area (Å²) in [6, 6.07) is 4.16. The molecule has 0 amide bonds. The van der Waals surface area contributed by atoms with Gasteiger partial charge in [-0.3, -0.25) is 4.99 Å². The van der Waals surface area contributed by atoms with Gasteiger partial charge in [0, 0.05) is 25.3 Å². The quantitative estimate of drug-likeness (QED) is 0.829. The molecule has 0 saturated carbocycles. The molecule has 1 aromatic heterocycles. The van der Waals surface area contributed by atoms with Gasteiger partial charge in [-0.1, -0.05) is 0 Å². The Labute approximate surface area is 107 Å². The number of aryl methyl sites for hydroxylation is 1. The summed E-state index contributed by atoms with van der Waals surface area (Å²) in [6.45, 7) is 7.15. The normalized spacial score (nSPS) is 19.6. The maximum Gasteiger partial charge on any atom is 0.140 e. The van der Waals surface area contributed by atoms with Crippen molar-refractivity contribution in [2.24, 2.45) is 4.99 Å². The third kappa shape index (κ3) is 2.18. The van der Waals surface area contributed by atoms with Crippen molar-refractivity contribution in [3.05, 3.63) is 23.4 Å². The highest BCUT2D eigenvalue weighted by atomic mass is 16.5. The second-order valence-electron chi connectivity index (χ2n) is 4.58. The van der Waals surface area contributed by atoms with Crippen LogP contribution in [0.5, 0.6) is 0 Å². The van der Waals surface area contributed by atoms with Crippen LogP contribution in [-0.4, -0.2) is 50.2 Å². The molecule has 2 aliphatic rings. The number of aromatic nitrogens is 1. The standard InChI is InChI=1S/C13H18N4O/c1-10-2-3-11(12-14-4-5-15-12)13(16-10)17-6-8-18-9-7-17/h2-3H,4-9H2,1H3,(H,14,15). The van der Waals surface area contributed by atoms with Gasteiger partial charge in [0.25, 0.3) is 0 Å². The van der Waals surface area contributed by atoms with Gasteiger partial charge in [0.1, 0.15) is 11.7 Å². The topological polar surface area (TPSA) is 49.8 Å².